The van der Waals surface area contributed by atoms with Gasteiger partial charge in [-0.1, -0.05) is 31.0 Å². The van der Waals surface area contributed by atoms with E-state index in [4.69, 9.17) is 4.74 Å². The molecule has 0 heterocycles. The third-order valence-corrected chi connectivity index (χ3v) is 3.62. The van der Waals surface area contributed by atoms with Gasteiger partial charge in [-0.2, -0.15) is 0 Å². The van der Waals surface area contributed by atoms with Crippen molar-refractivity contribution >= 4 is 5.97 Å². The molecule has 2 rings (SSSR count). The van der Waals surface area contributed by atoms with Crippen LogP contribution in [-0.4, -0.2) is 18.2 Å². The highest BCUT2D eigenvalue weighted by Crippen LogP contribution is 2.41. The minimum Gasteiger partial charge on any atom is -0.496 e. The maximum Gasteiger partial charge on any atom is 0.307 e. The smallest absolute Gasteiger partial charge is 0.307 e. The summed E-state index contributed by atoms with van der Waals surface area (Å²) >= 11 is 0. The number of hydrogen-bond donors (Lipinski definition) is 1. The zero-order chi connectivity index (χ0) is 12.3. The highest BCUT2D eigenvalue weighted by atomic mass is 16.5. The van der Waals surface area contributed by atoms with Crippen LogP contribution in [0.15, 0.2) is 24.3 Å². The molecule has 1 aliphatic carbocycles. The molecule has 0 amide bonds. The van der Waals surface area contributed by atoms with Gasteiger partial charge in [-0.25, -0.2) is 0 Å². The number of rotatable bonds is 3. The normalized spacial score (nSPS) is 24.3. The molecule has 1 N–H and O–H groups in total. The minimum atomic E-state index is -0.680. The summed E-state index contributed by atoms with van der Waals surface area (Å²) in [4.78, 5) is 11.3. The van der Waals surface area contributed by atoms with E-state index in [0.29, 0.717) is 0 Å². The molecule has 92 valence electrons. The van der Waals surface area contributed by atoms with Crippen LogP contribution >= 0.6 is 0 Å². The van der Waals surface area contributed by atoms with Gasteiger partial charge in [0.25, 0.3) is 0 Å². The maximum absolute atomic E-state index is 11.3. The predicted molar refractivity (Wildman–Crippen MR) is 65.3 cm³/mol. The molecular formula is C14H18O3. The van der Waals surface area contributed by atoms with Crippen LogP contribution in [0.4, 0.5) is 0 Å². The van der Waals surface area contributed by atoms with Crippen LogP contribution < -0.4 is 4.74 Å². The van der Waals surface area contributed by atoms with Crippen LogP contribution in [0.1, 0.15) is 37.2 Å². The average Bonchev–Trinajstić information content (AvgIpc) is 2.38. The van der Waals surface area contributed by atoms with Crippen molar-refractivity contribution in [1.29, 1.82) is 0 Å². The lowest BCUT2D eigenvalue weighted by Gasteiger charge is -2.29. The lowest BCUT2D eigenvalue weighted by molar-refractivity contribution is -0.143. The van der Waals surface area contributed by atoms with Crippen LogP contribution in [0, 0.1) is 5.92 Å². The Labute approximate surface area is 101 Å². The summed E-state index contributed by atoms with van der Waals surface area (Å²) in [7, 11) is 1.64. The second kappa shape index (κ2) is 5.21. The van der Waals surface area contributed by atoms with Crippen molar-refractivity contribution in [3.8, 4) is 5.75 Å². The van der Waals surface area contributed by atoms with Gasteiger partial charge in [0.15, 0.2) is 0 Å². The van der Waals surface area contributed by atoms with Crippen molar-refractivity contribution in [3.05, 3.63) is 29.8 Å². The lowest BCUT2D eigenvalue weighted by atomic mass is 9.75. The maximum atomic E-state index is 11.3. The summed E-state index contributed by atoms with van der Waals surface area (Å²) in [6, 6.07) is 7.76. The summed E-state index contributed by atoms with van der Waals surface area (Å²) in [5.74, 6) is -0.0382. The number of para-hydroxylation sites is 1. The Morgan fingerprint density at radius 2 is 2.00 bits per heavy atom. The molecule has 1 aliphatic rings. The first-order valence-electron chi connectivity index (χ1n) is 6.09. The van der Waals surface area contributed by atoms with Gasteiger partial charge < -0.3 is 9.84 Å². The van der Waals surface area contributed by atoms with Crippen LogP contribution in [0.25, 0.3) is 0 Å². The molecule has 0 bridgehead atoms. The number of carboxylic acid groups (broad SMARTS) is 1. The molecule has 1 aromatic rings. The molecule has 2 unspecified atom stereocenters. The summed E-state index contributed by atoms with van der Waals surface area (Å²) in [5, 5.41) is 9.29. The molecule has 0 aromatic heterocycles. The molecule has 1 aromatic carbocycles. The van der Waals surface area contributed by atoms with E-state index in [1.54, 1.807) is 7.11 Å². The van der Waals surface area contributed by atoms with Crippen LogP contribution in [-0.2, 0) is 4.79 Å². The van der Waals surface area contributed by atoms with Gasteiger partial charge in [-0.3, -0.25) is 4.79 Å². The number of carbonyl (C=O) groups is 1. The third-order valence-electron chi connectivity index (χ3n) is 3.62. The summed E-state index contributed by atoms with van der Waals surface area (Å²) < 4.78 is 5.33. The number of methoxy groups -OCH3 is 1. The van der Waals surface area contributed by atoms with Gasteiger partial charge >= 0.3 is 5.97 Å². The molecule has 17 heavy (non-hydrogen) atoms. The molecule has 0 aliphatic heterocycles. The van der Waals surface area contributed by atoms with Gasteiger partial charge in [0.05, 0.1) is 13.0 Å². The minimum absolute atomic E-state index is 0.0948. The molecule has 3 nitrogen and oxygen atoms in total. The fourth-order valence-corrected chi connectivity index (χ4v) is 2.77. The summed E-state index contributed by atoms with van der Waals surface area (Å²) in [6.07, 6.45) is 3.84. The zero-order valence-electron chi connectivity index (χ0n) is 10.1. The monoisotopic (exact) mass is 234 g/mol. The Morgan fingerprint density at radius 1 is 1.29 bits per heavy atom. The van der Waals surface area contributed by atoms with Crippen LogP contribution in [0.5, 0.6) is 5.75 Å². The van der Waals surface area contributed by atoms with Gasteiger partial charge in [-0.15, -0.1) is 0 Å². The second-order valence-electron chi connectivity index (χ2n) is 4.58. The van der Waals surface area contributed by atoms with Crippen molar-refractivity contribution in [2.45, 2.75) is 31.6 Å². The summed E-state index contributed by atoms with van der Waals surface area (Å²) in [6.45, 7) is 0. The first kappa shape index (κ1) is 12.0. The third kappa shape index (κ3) is 2.43. The fourth-order valence-electron chi connectivity index (χ4n) is 2.77. The van der Waals surface area contributed by atoms with Gasteiger partial charge in [0, 0.05) is 5.92 Å². The highest BCUT2D eigenvalue weighted by Gasteiger charge is 2.33. The number of aliphatic carboxylic acids is 1. The van der Waals surface area contributed by atoms with E-state index < -0.39 is 5.97 Å². The Bertz CT molecular complexity index is 400. The Morgan fingerprint density at radius 3 is 2.71 bits per heavy atom. The van der Waals surface area contributed by atoms with E-state index >= 15 is 0 Å². The fraction of sp³-hybridized carbons (Fsp3) is 0.500. The number of ether oxygens (including phenoxy) is 1. The lowest BCUT2D eigenvalue weighted by Crippen LogP contribution is -2.25. The van der Waals surface area contributed by atoms with E-state index in [1.807, 2.05) is 24.3 Å². The van der Waals surface area contributed by atoms with Crippen molar-refractivity contribution < 1.29 is 14.6 Å². The Hall–Kier alpha value is -1.51. The van der Waals surface area contributed by atoms with Gasteiger partial charge in [0.1, 0.15) is 5.75 Å². The number of carboxylic acids is 1. The van der Waals surface area contributed by atoms with Gasteiger partial charge in [-0.05, 0) is 24.5 Å². The van der Waals surface area contributed by atoms with Crippen molar-refractivity contribution in [3.63, 3.8) is 0 Å². The number of hydrogen-bond acceptors (Lipinski definition) is 2. The van der Waals surface area contributed by atoms with Crippen LogP contribution in [0.2, 0.25) is 0 Å². The van der Waals surface area contributed by atoms with Crippen molar-refractivity contribution in [2.75, 3.05) is 7.11 Å². The molecule has 3 heteroatoms. The molecule has 1 saturated carbocycles. The first-order chi connectivity index (χ1) is 8.24. The number of benzene rings is 1. The molecule has 1 fully saturated rings. The van der Waals surface area contributed by atoms with Gasteiger partial charge in [0.2, 0.25) is 0 Å². The SMILES string of the molecule is COc1ccccc1C1CCCCC1C(=O)O. The second-order valence-corrected chi connectivity index (χ2v) is 4.58. The average molecular weight is 234 g/mol. The molecule has 0 saturated heterocycles. The van der Waals surface area contributed by atoms with E-state index in [2.05, 4.69) is 0 Å². The van der Waals surface area contributed by atoms with E-state index in [1.165, 1.54) is 0 Å². The van der Waals surface area contributed by atoms with Crippen molar-refractivity contribution in [1.82, 2.24) is 0 Å². The first-order valence-corrected chi connectivity index (χ1v) is 6.09. The van der Waals surface area contributed by atoms with Crippen molar-refractivity contribution in [2.24, 2.45) is 5.92 Å². The standard InChI is InChI=1S/C14H18O3/c1-17-13-9-5-4-7-11(13)10-6-2-3-8-12(10)14(15)16/h4-5,7,9-10,12H,2-3,6,8H2,1H3,(H,15,16). The molecule has 2 atom stereocenters. The Balaban J connectivity index is 2.32. The van der Waals surface area contributed by atoms with E-state index in [-0.39, 0.29) is 11.8 Å². The molecule has 0 spiro atoms. The topological polar surface area (TPSA) is 46.5 Å². The Kier molecular flexibility index (Phi) is 3.67. The quantitative estimate of drug-likeness (QED) is 0.874. The van der Waals surface area contributed by atoms with E-state index in [0.717, 1.165) is 37.0 Å². The molecular weight excluding hydrogens is 216 g/mol. The highest BCUT2D eigenvalue weighted by molar-refractivity contribution is 5.71. The summed E-state index contributed by atoms with van der Waals surface area (Å²) in [5.41, 5.74) is 1.04. The molecule has 0 radical (unpaired) electrons. The largest absolute Gasteiger partial charge is 0.496 e. The predicted octanol–water partition coefficient (Wildman–Crippen LogP) is 3.05. The van der Waals surface area contributed by atoms with E-state index in [9.17, 15) is 9.90 Å². The zero-order valence-corrected chi connectivity index (χ0v) is 10.1. The van der Waals surface area contributed by atoms with Crippen LogP contribution in [0.3, 0.4) is 0 Å².